The summed E-state index contributed by atoms with van der Waals surface area (Å²) in [6.07, 6.45) is 0. The van der Waals surface area contributed by atoms with Gasteiger partial charge in [0, 0.05) is 7.05 Å². The van der Waals surface area contributed by atoms with Crippen molar-refractivity contribution < 1.29 is 22.4 Å². The van der Waals surface area contributed by atoms with Crippen molar-refractivity contribution in [3.05, 3.63) is 0 Å². The molecule has 1 atom stereocenters. The average Bonchev–Trinajstić information content (AvgIpc) is 2.13. The van der Waals surface area contributed by atoms with Crippen molar-refractivity contribution in [2.24, 2.45) is 10.9 Å². The van der Waals surface area contributed by atoms with E-state index in [1.807, 2.05) is 0 Å². The Labute approximate surface area is 80.0 Å². The van der Waals surface area contributed by atoms with Gasteiger partial charge < -0.3 is 10.9 Å². The Hall–Kier alpha value is -0.960. The first-order valence-electron chi connectivity index (χ1n) is 3.47. The fourth-order valence-corrected chi connectivity index (χ4v) is 1.42. The molecule has 84 valence electrons. The zero-order valence-electron chi connectivity index (χ0n) is 7.55. The highest BCUT2D eigenvalue weighted by Crippen LogP contribution is 2.12. The number of nitrogens with two attached hydrogens (primary N) is 1. The van der Waals surface area contributed by atoms with E-state index in [9.17, 15) is 17.2 Å². The molecule has 0 aliphatic carbocycles. The Morgan fingerprint density at radius 1 is 1.57 bits per heavy atom. The van der Waals surface area contributed by atoms with Crippen molar-refractivity contribution in [3.8, 4) is 0 Å². The van der Waals surface area contributed by atoms with Gasteiger partial charge in [0.15, 0.2) is 5.84 Å². The second-order valence-electron chi connectivity index (χ2n) is 2.52. The van der Waals surface area contributed by atoms with Crippen LogP contribution in [-0.4, -0.2) is 42.6 Å². The number of amidine groups is 1. The normalized spacial score (nSPS) is 16.3. The van der Waals surface area contributed by atoms with Crippen molar-refractivity contribution in [2.45, 2.75) is 18.7 Å². The van der Waals surface area contributed by atoms with E-state index in [1.165, 1.54) is 6.92 Å². The highest BCUT2D eigenvalue weighted by molar-refractivity contribution is 7.89. The first-order chi connectivity index (χ1) is 6.25. The van der Waals surface area contributed by atoms with Crippen LogP contribution in [0, 0.1) is 0 Å². The van der Waals surface area contributed by atoms with Gasteiger partial charge in [0.25, 0.3) is 10.0 Å². The summed E-state index contributed by atoms with van der Waals surface area (Å²) in [5.74, 6) is -3.99. The molecule has 0 radical (unpaired) electrons. The van der Waals surface area contributed by atoms with Crippen molar-refractivity contribution >= 4 is 15.9 Å². The lowest BCUT2D eigenvalue weighted by atomic mass is 10.3. The molecule has 0 aromatic heterocycles. The minimum atomic E-state index is -4.70. The molecule has 14 heavy (non-hydrogen) atoms. The molecule has 0 saturated heterocycles. The molecule has 3 N–H and O–H groups in total. The van der Waals surface area contributed by atoms with Gasteiger partial charge in [-0.05, 0) is 6.92 Å². The summed E-state index contributed by atoms with van der Waals surface area (Å²) in [4.78, 5) is 0. The van der Waals surface area contributed by atoms with Crippen molar-refractivity contribution in [1.82, 2.24) is 4.31 Å². The van der Waals surface area contributed by atoms with E-state index in [1.54, 1.807) is 0 Å². The molecule has 0 bridgehead atoms. The van der Waals surface area contributed by atoms with E-state index in [0.29, 0.717) is 4.31 Å². The van der Waals surface area contributed by atoms with Crippen molar-refractivity contribution in [1.29, 1.82) is 0 Å². The maximum Gasteiger partial charge on any atom is 0.350 e. The number of hydrogen-bond acceptors (Lipinski definition) is 4. The van der Waals surface area contributed by atoms with Crippen LogP contribution in [0.5, 0.6) is 0 Å². The lowest BCUT2D eigenvalue weighted by molar-refractivity contribution is 0.220. The average molecular weight is 231 g/mol. The quantitative estimate of drug-likeness (QED) is 0.298. The summed E-state index contributed by atoms with van der Waals surface area (Å²) < 4.78 is 46.1. The summed E-state index contributed by atoms with van der Waals surface area (Å²) in [6.45, 7) is 1.22. The van der Waals surface area contributed by atoms with Crippen LogP contribution in [0.4, 0.5) is 8.78 Å². The maximum atomic E-state index is 12.0. The third-order valence-corrected chi connectivity index (χ3v) is 3.28. The third-order valence-electron chi connectivity index (χ3n) is 1.72. The summed E-state index contributed by atoms with van der Waals surface area (Å²) in [5, 5.41) is 10.7. The van der Waals surface area contributed by atoms with Gasteiger partial charge in [-0.25, -0.2) is 8.42 Å². The molecule has 0 amide bonds. The van der Waals surface area contributed by atoms with E-state index < -0.39 is 27.7 Å². The largest absolute Gasteiger partial charge is 0.409 e. The molecule has 0 aliphatic heterocycles. The predicted molar refractivity (Wildman–Crippen MR) is 45.6 cm³/mol. The predicted octanol–water partition coefficient (Wildman–Crippen LogP) is -0.394. The van der Waals surface area contributed by atoms with Crippen LogP contribution in [0.25, 0.3) is 0 Å². The monoisotopic (exact) mass is 231 g/mol. The second-order valence-corrected chi connectivity index (χ2v) is 4.48. The van der Waals surface area contributed by atoms with Gasteiger partial charge in [-0.3, -0.25) is 0 Å². The number of nitrogens with zero attached hydrogens (tertiary/aromatic N) is 2. The molecule has 0 heterocycles. The highest BCUT2D eigenvalue weighted by atomic mass is 32.2. The third kappa shape index (κ3) is 2.51. The van der Waals surface area contributed by atoms with Crippen molar-refractivity contribution in [3.63, 3.8) is 0 Å². The Bertz CT molecular complexity index is 316. The standard InChI is InChI=1S/C5H11F2N3O3S/c1-3(4(8)9-11)10(2)14(12,13)5(6)7/h3,5,11H,1-2H3,(H2,8,9). The smallest absolute Gasteiger partial charge is 0.350 e. The molecule has 0 aromatic carbocycles. The number of oxime groups is 1. The molecule has 0 fully saturated rings. The Kier molecular flexibility index (Phi) is 4.20. The minimum absolute atomic E-state index is 0.340. The van der Waals surface area contributed by atoms with E-state index >= 15 is 0 Å². The number of rotatable bonds is 4. The number of halogens is 2. The van der Waals surface area contributed by atoms with Crippen LogP contribution in [0.2, 0.25) is 0 Å². The van der Waals surface area contributed by atoms with Gasteiger partial charge in [0.05, 0.1) is 6.04 Å². The summed E-state index contributed by atoms with van der Waals surface area (Å²) in [5.41, 5.74) is 5.06. The van der Waals surface area contributed by atoms with Gasteiger partial charge in [-0.1, -0.05) is 5.16 Å². The van der Waals surface area contributed by atoms with Gasteiger partial charge in [0.2, 0.25) is 0 Å². The summed E-state index contributed by atoms with van der Waals surface area (Å²) >= 11 is 0. The molecule has 6 nitrogen and oxygen atoms in total. The number of hydrogen-bond donors (Lipinski definition) is 2. The van der Waals surface area contributed by atoms with Gasteiger partial charge in [-0.15, -0.1) is 0 Å². The van der Waals surface area contributed by atoms with E-state index in [2.05, 4.69) is 5.16 Å². The number of likely N-dealkylation sites (N-methyl/N-ethyl adjacent to an activating group) is 1. The molecule has 9 heteroatoms. The Morgan fingerprint density at radius 2 is 2.00 bits per heavy atom. The second kappa shape index (κ2) is 4.51. The van der Waals surface area contributed by atoms with Crippen LogP contribution in [0.3, 0.4) is 0 Å². The van der Waals surface area contributed by atoms with Crippen LogP contribution < -0.4 is 5.73 Å². The number of sulfonamides is 1. The SMILES string of the molecule is CC(C(N)=NO)N(C)S(=O)(=O)C(F)F. The van der Waals surface area contributed by atoms with Crippen LogP contribution in [0.1, 0.15) is 6.92 Å². The molecular weight excluding hydrogens is 220 g/mol. The van der Waals surface area contributed by atoms with Crippen LogP contribution >= 0.6 is 0 Å². The van der Waals surface area contributed by atoms with Gasteiger partial charge in [-0.2, -0.15) is 13.1 Å². The first kappa shape index (κ1) is 13.0. The molecule has 1 unspecified atom stereocenters. The van der Waals surface area contributed by atoms with E-state index in [-0.39, 0.29) is 0 Å². The lowest BCUT2D eigenvalue weighted by Crippen LogP contribution is -2.45. The highest BCUT2D eigenvalue weighted by Gasteiger charge is 2.33. The maximum absolute atomic E-state index is 12.0. The fourth-order valence-electron chi connectivity index (χ4n) is 0.616. The fraction of sp³-hybridized carbons (Fsp3) is 0.800. The zero-order valence-corrected chi connectivity index (χ0v) is 8.37. The Balaban J connectivity index is 4.89. The van der Waals surface area contributed by atoms with E-state index in [0.717, 1.165) is 7.05 Å². The first-order valence-corrected chi connectivity index (χ1v) is 4.97. The summed E-state index contributed by atoms with van der Waals surface area (Å²) in [7, 11) is -3.78. The van der Waals surface area contributed by atoms with Crippen LogP contribution in [-0.2, 0) is 10.0 Å². The summed E-state index contributed by atoms with van der Waals surface area (Å²) in [6, 6.07) is -1.13. The van der Waals surface area contributed by atoms with Gasteiger partial charge in [0.1, 0.15) is 0 Å². The van der Waals surface area contributed by atoms with Gasteiger partial charge >= 0.3 is 5.76 Å². The number of alkyl halides is 2. The topological polar surface area (TPSA) is 96.0 Å². The molecule has 0 rings (SSSR count). The molecule has 0 saturated carbocycles. The molecule has 0 aliphatic rings. The molecular formula is C5H11F2N3O3S. The molecule has 0 aromatic rings. The molecule has 0 spiro atoms. The van der Waals surface area contributed by atoms with Crippen LogP contribution in [0.15, 0.2) is 5.16 Å². The van der Waals surface area contributed by atoms with E-state index in [4.69, 9.17) is 10.9 Å². The van der Waals surface area contributed by atoms with Crippen molar-refractivity contribution in [2.75, 3.05) is 7.05 Å². The zero-order chi connectivity index (χ0) is 11.5. The lowest BCUT2D eigenvalue weighted by Gasteiger charge is -2.22. The minimum Gasteiger partial charge on any atom is -0.409 e. The Morgan fingerprint density at radius 3 is 2.29 bits per heavy atom.